The lowest BCUT2D eigenvalue weighted by Gasteiger charge is -2.09. The summed E-state index contributed by atoms with van der Waals surface area (Å²) in [4.78, 5) is -0.400. The zero-order chi connectivity index (χ0) is 16.3. The van der Waals surface area contributed by atoms with Crippen molar-refractivity contribution in [3.63, 3.8) is 0 Å². The average molecular weight is 391 g/mol. The lowest BCUT2D eigenvalue weighted by atomic mass is 10.2. The second-order valence-corrected chi connectivity index (χ2v) is 7.44. The van der Waals surface area contributed by atoms with E-state index in [-0.39, 0.29) is 6.61 Å². The molecular formula is C15H13BrF2O3S. The van der Waals surface area contributed by atoms with Crippen molar-refractivity contribution in [3.8, 4) is 5.75 Å². The minimum Gasteiger partial charge on any atom is -0.488 e. The van der Waals surface area contributed by atoms with E-state index in [1.807, 2.05) is 25.1 Å². The van der Waals surface area contributed by atoms with Crippen LogP contribution < -0.4 is 4.74 Å². The van der Waals surface area contributed by atoms with Crippen molar-refractivity contribution in [1.29, 1.82) is 0 Å². The number of sulfone groups is 1. The molecule has 2 rings (SSSR count). The average Bonchev–Trinajstić information content (AvgIpc) is 2.46. The number of hydrogen-bond acceptors (Lipinski definition) is 3. The van der Waals surface area contributed by atoms with Crippen molar-refractivity contribution in [2.24, 2.45) is 0 Å². The predicted molar refractivity (Wildman–Crippen MR) is 82.8 cm³/mol. The van der Waals surface area contributed by atoms with Crippen LogP contribution in [0.5, 0.6) is 5.75 Å². The Morgan fingerprint density at radius 1 is 1.14 bits per heavy atom. The summed E-state index contributed by atoms with van der Waals surface area (Å²) < 4.78 is 53.9. The molecule has 3 nitrogen and oxygen atoms in total. The second kappa shape index (κ2) is 6.75. The third-order valence-electron chi connectivity index (χ3n) is 2.97. The summed E-state index contributed by atoms with van der Waals surface area (Å²) >= 11 is 3.39. The number of halogens is 3. The second-order valence-electron chi connectivity index (χ2n) is 4.67. The third kappa shape index (κ3) is 3.84. The van der Waals surface area contributed by atoms with Gasteiger partial charge in [0.2, 0.25) is 9.84 Å². The fourth-order valence-electron chi connectivity index (χ4n) is 1.76. The fraction of sp³-hybridized carbons (Fsp3) is 0.200. The van der Waals surface area contributed by atoms with Crippen LogP contribution in [0.15, 0.2) is 51.8 Å². The van der Waals surface area contributed by atoms with Crippen LogP contribution in [0.2, 0.25) is 0 Å². The Labute approximate surface area is 136 Å². The largest absolute Gasteiger partial charge is 0.488 e. The van der Waals surface area contributed by atoms with Gasteiger partial charge in [-0.2, -0.15) is 8.78 Å². The van der Waals surface area contributed by atoms with Gasteiger partial charge < -0.3 is 4.74 Å². The molecule has 0 saturated heterocycles. The van der Waals surface area contributed by atoms with E-state index in [2.05, 4.69) is 15.9 Å². The molecule has 0 aliphatic rings. The lowest BCUT2D eigenvalue weighted by Crippen LogP contribution is -2.11. The molecule has 0 aromatic heterocycles. The molecule has 0 unspecified atom stereocenters. The van der Waals surface area contributed by atoms with Crippen molar-refractivity contribution in [1.82, 2.24) is 0 Å². The summed E-state index contributed by atoms with van der Waals surface area (Å²) in [5, 5.41) is 0. The molecule has 0 saturated carbocycles. The van der Waals surface area contributed by atoms with Crippen LogP contribution in [0, 0.1) is 6.92 Å². The number of benzene rings is 2. The van der Waals surface area contributed by atoms with Gasteiger partial charge >= 0.3 is 5.76 Å². The number of ether oxygens (including phenoxy) is 1. The van der Waals surface area contributed by atoms with E-state index in [1.165, 1.54) is 12.1 Å². The van der Waals surface area contributed by atoms with Crippen LogP contribution in [0.1, 0.15) is 11.1 Å². The molecule has 0 bridgehead atoms. The molecule has 7 heteroatoms. The van der Waals surface area contributed by atoms with E-state index < -0.39 is 20.5 Å². The summed E-state index contributed by atoms with van der Waals surface area (Å²) in [6.45, 7) is 2.16. The molecule has 0 fully saturated rings. The first kappa shape index (κ1) is 16.9. The molecule has 0 amide bonds. The van der Waals surface area contributed by atoms with Gasteiger partial charge in [0.15, 0.2) is 0 Å². The highest BCUT2D eigenvalue weighted by Crippen LogP contribution is 2.26. The zero-order valence-electron chi connectivity index (χ0n) is 11.6. The van der Waals surface area contributed by atoms with Crippen molar-refractivity contribution in [2.45, 2.75) is 24.2 Å². The number of aryl methyl sites for hydroxylation is 1. The Kier molecular flexibility index (Phi) is 5.18. The molecule has 0 spiro atoms. The van der Waals surface area contributed by atoms with Gasteiger partial charge in [0.25, 0.3) is 0 Å². The van der Waals surface area contributed by atoms with Gasteiger partial charge in [0.05, 0.1) is 9.37 Å². The number of alkyl halides is 2. The van der Waals surface area contributed by atoms with Gasteiger partial charge in [-0.3, -0.25) is 0 Å². The van der Waals surface area contributed by atoms with Crippen molar-refractivity contribution in [3.05, 3.63) is 58.1 Å². The van der Waals surface area contributed by atoms with Crippen LogP contribution in [-0.4, -0.2) is 14.2 Å². The first-order chi connectivity index (χ1) is 10.3. The summed E-state index contributed by atoms with van der Waals surface area (Å²) in [6, 6.07) is 10.9. The molecule has 0 atom stereocenters. The summed E-state index contributed by atoms with van der Waals surface area (Å²) in [5.41, 5.74) is 1.77. The Morgan fingerprint density at radius 3 is 2.32 bits per heavy atom. The first-order valence-corrected chi connectivity index (χ1v) is 8.64. The summed E-state index contributed by atoms with van der Waals surface area (Å²) in [5.74, 6) is -2.77. The van der Waals surface area contributed by atoms with E-state index in [0.717, 1.165) is 22.2 Å². The SMILES string of the molecule is Cc1ccc(OCc2ccc(S(=O)(=O)C(F)F)cc2)c(Br)c1. The van der Waals surface area contributed by atoms with E-state index >= 15 is 0 Å². The minimum absolute atomic E-state index is 0.205. The van der Waals surface area contributed by atoms with E-state index in [9.17, 15) is 17.2 Å². The molecule has 22 heavy (non-hydrogen) atoms. The van der Waals surface area contributed by atoms with Crippen molar-refractivity contribution < 1.29 is 21.9 Å². The maximum Gasteiger partial charge on any atom is 0.341 e. The maximum absolute atomic E-state index is 12.4. The molecule has 0 radical (unpaired) electrons. The predicted octanol–water partition coefficient (Wildman–Crippen LogP) is 4.33. The third-order valence-corrected chi connectivity index (χ3v) is 4.99. The van der Waals surface area contributed by atoms with Crippen LogP contribution in [0.3, 0.4) is 0 Å². The molecule has 0 N–H and O–H groups in total. The van der Waals surface area contributed by atoms with Gasteiger partial charge in [-0.15, -0.1) is 0 Å². The Hall–Kier alpha value is -1.47. The van der Waals surface area contributed by atoms with Gasteiger partial charge in [-0.1, -0.05) is 18.2 Å². The molecule has 0 heterocycles. The van der Waals surface area contributed by atoms with E-state index in [4.69, 9.17) is 4.74 Å². The monoisotopic (exact) mass is 390 g/mol. The van der Waals surface area contributed by atoms with Gasteiger partial charge in [-0.25, -0.2) is 8.42 Å². The Morgan fingerprint density at radius 2 is 1.77 bits per heavy atom. The van der Waals surface area contributed by atoms with Crippen LogP contribution in [-0.2, 0) is 16.4 Å². The zero-order valence-corrected chi connectivity index (χ0v) is 14.0. The van der Waals surface area contributed by atoms with Gasteiger partial charge in [-0.05, 0) is 58.2 Å². The quantitative estimate of drug-likeness (QED) is 0.762. The van der Waals surface area contributed by atoms with Crippen LogP contribution in [0.4, 0.5) is 8.78 Å². The molecule has 2 aromatic rings. The summed E-state index contributed by atoms with van der Waals surface area (Å²) in [6.07, 6.45) is 0. The molecule has 0 aliphatic carbocycles. The normalized spacial score (nSPS) is 11.7. The highest BCUT2D eigenvalue weighted by molar-refractivity contribution is 9.10. The Balaban J connectivity index is 2.09. The highest BCUT2D eigenvalue weighted by Gasteiger charge is 2.26. The molecule has 2 aromatic carbocycles. The standard InChI is InChI=1S/C15H13BrF2O3S/c1-10-2-7-14(13(16)8-10)21-9-11-3-5-12(6-4-11)22(19,20)15(17)18/h2-8,15H,9H2,1H3. The smallest absolute Gasteiger partial charge is 0.341 e. The highest BCUT2D eigenvalue weighted by atomic mass is 79.9. The lowest BCUT2D eigenvalue weighted by molar-refractivity contribution is 0.234. The number of hydrogen-bond donors (Lipinski definition) is 0. The summed E-state index contributed by atoms with van der Waals surface area (Å²) in [7, 11) is -4.55. The topological polar surface area (TPSA) is 43.4 Å². The van der Waals surface area contributed by atoms with Crippen LogP contribution >= 0.6 is 15.9 Å². The Bertz CT molecular complexity index is 759. The van der Waals surface area contributed by atoms with Gasteiger partial charge in [0.1, 0.15) is 12.4 Å². The van der Waals surface area contributed by atoms with Gasteiger partial charge in [0, 0.05) is 0 Å². The minimum atomic E-state index is -4.55. The van der Waals surface area contributed by atoms with Crippen molar-refractivity contribution >= 4 is 25.8 Å². The van der Waals surface area contributed by atoms with E-state index in [1.54, 1.807) is 0 Å². The maximum atomic E-state index is 12.4. The van der Waals surface area contributed by atoms with Crippen molar-refractivity contribution in [2.75, 3.05) is 0 Å². The fourth-order valence-corrected chi connectivity index (χ4v) is 3.09. The number of rotatable bonds is 5. The molecule has 0 aliphatic heterocycles. The van der Waals surface area contributed by atoms with Crippen LogP contribution in [0.25, 0.3) is 0 Å². The first-order valence-electron chi connectivity index (χ1n) is 6.30. The molecular weight excluding hydrogens is 378 g/mol. The van der Waals surface area contributed by atoms with E-state index in [0.29, 0.717) is 11.3 Å². The molecule has 118 valence electrons.